The lowest BCUT2D eigenvalue weighted by atomic mass is 9.91. The van der Waals surface area contributed by atoms with Crippen LogP contribution in [0.15, 0.2) is 53.4 Å². The van der Waals surface area contributed by atoms with Gasteiger partial charge in [0.15, 0.2) is 0 Å². The number of amides is 1. The maximum absolute atomic E-state index is 13.0. The summed E-state index contributed by atoms with van der Waals surface area (Å²) in [6.07, 6.45) is 4.97. The van der Waals surface area contributed by atoms with Crippen molar-refractivity contribution in [2.45, 2.75) is 69.4 Å². The first-order valence-corrected chi connectivity index (χ1v) is 15.3. The molecule has 1 heterocycles. The number of rotatable bonds is 11. The molecule has 39 heavy (non-hydrogen) atoms. The Morgan fingerprint density at radius 2 is 1.51 bits per heavy atom. The Hall–Kier alpha value is -3.24. The van der Waals surface area contributed by atoms with E-state index in [9.17, 15) is 13.2 Å². The van der Waals surface area contributed by atoms with Crippen LogP contribution in [0, 0.1) is 0 Å². The summed E-state index contributed by atoms with van der Waals surface area (Å²) in [5.41, 5.74) is 1.37. The summed E-state index contributed by atoms with van der Waals surface area (Å²) in [7, 11) is 0.392. The molecule has 1 amide bonds. The quantitative estimate of drug-likeness (QED) is 0.356. The van der Waals surface area contributed by atoms with Gasteiger partial charge in [-0.2, -0.15) is 9.29 Å². The van der Waals surface area contributed by atoms with E-state index < -0.39 is 10.0 Å². The number of carbonyl (C=O) groups excluding carboxylic acids is 1. The number of benzene rings is 2. The van der Waals surface area contributed by atoms with Crippen LogP contribution in [0.4, 0.5) is 11.8 Å². The monoisotopic (exact) mass is 552 g/mol. The van der Waals surface area contributed by atoms with Gasteiger partial charge in [0.05, 0.1) is 10.4 Å². The Bertz CT molecular complexity index is 1360. The zero-order valence-corrected chi connectivity index (χ0v) is 24.2. The molecular formula is C29H40N6O3S. The molecule has 0 spiro atoms. The van der Waals surface area contributed by atoms with E-state index in [0.29, 0.717) is 24.6 Å². The number of hydrogen-bond acceptors (Lipinski definition) is 7. The lowest BCUT2D eigenvalue weighted by Gasteiger charge is -2.30. The molecule has 0 aliphatic heterocycles. The Balaban J connectivity index is 1.33. The van der Waals surface area contributed by atoms with Crippen LogP contribution in [-0.2, 0) is 10.0 Å². The first-order valence-electron chi connectivity index (χ1n) is 13.8. The fourth-order valence-electron chi connectivity index (χ4n) is 5.08. The molecule has 0 unspecified atom stereocenters. The van der Waals surface area contributed by atoms with Crippen molar-refractivity contribution in [1.29, 1.82) is 0 Å². The number of carbonyl (C=O) groups is 1. The van der Waals surface area contributed by atoms with Gasteiger partial charge in [0.2, 0.25) is 16.0 Å². The largest absolute Gasteiger partial charge is 0.362 e. The highest BCUT2D eigenvalue weighted by atomic mass is 32.2. The van der Waals surface area contributed by atoms with Crippen molar-refractivity contribution in [3.63, 3.8) is 0 Å². The molecule has 1 aromatic heterocycles. The van der Waals surface area contributed by atoms with Gasteiger partial charge in [-0.05, 0) is 74.9 Å². The number of nitrogens with zero attached hydrogens (tertiary/aromatic N) is 4. The van der Waals surface area contributed by atoms with E-state index in [1.165, 1.54) is 16.4 Å². The molecule has 3 aromatic rings. The first-order chi connectivity index (χ1) is 18.7. The lowest BCUT2D eigenvalue weighted by Crippen LogP contribution is -2.40. The summed E-state index contributed by atoms with van der Waals surface area (Å²) in [5.74, 6) is 1.32. The second-order valence-corrected chi connectivity index (χ2v) is 12.3. The zero-order valence-electron chi connectivity index (χ0n) is 23.4. The minimum atomic E-state index is -3.57. The van der Waals surface area contributed by atoms with Crippen LogP contribution in [0.3, 0.4) is 0 Å². The molecule has 0 bridgehead atoms. The summed E-state index contributed by atoms with van der Waals surface area (Å²) in [6, 6.07) is 14.6. The predicted octanol–water partition coefficient (Wildman–Crippen LogP) is 4.66. The van der Waals surface area contributed by atoms with E-state index >= 15 is 0 Å². The van der Waals surface area contributed by atoms with E-state index in [4.69, 9.17) is 9.97 Å². The van der Waals surface area contributed by atoms with Gasteiger partial charge < -0.3 is 15.5 Å². The van der Waals surface area contributed by atoms with E-state index in [2.05, 4.69) is 10.6 Å². The van der Waals surface area contributed by atoms with Crippen LogP contribution in [0.1, 0.15) is 62.7 Å². The Kier molecular flexibility index (Phi) is 9.40. The van der Waals surface area contributed by atoms with Gasteiger partial charge in [-0.3, -0.25) is 4.79 Å². The maximum Gasteiger partial charge on any atom is 0.251 e. The average Bonchev–Trinajstić information content (AvgIpc) is 2.93. The smallest absolute Gasteiger partial charge is 0.251 e. The summed E-state index contributed by atoms with van der Waals surface area (Å²) >= 11 is 0. The van der Waals surface area contributed by atoms with E-state index in [1.54, 1.807) is 12.1 Å². The van der Waals surface area contributed by atoms with Crippen molar-refractivity contribution >= 4 is 38.6 Å². The van der Waals surface area contributed by atoms with Crippen LogP contribution in [-0.4, -0.2) is 67.9 Å². The zero-order chi connectivity index (χ0) is 28.0. The molecule has 2 N–H and O–H groups in total. The van der Waals surface area contributed by atoms with Gasteiger partial charge in [0.1, 0.15) is 5.82 Å². The highest BCUT2D eigenvalue weighted by Gasteiger charge is 2.25. The second-order valence-electron chi connectivity index (χ2n) is 10.4. The molecule has 1 aliphatic rings. The molecular weight excluding hydrogens is 512 g/mol. The Morgan fingerprint density at radius 1 is 0.897 bits per heavy atom. The fraction of sp³-hybridized carbons (Fsp3) is 0.483. The predicted molar refractivity (Wildman–Crippen MR) is 157 cm³/mol. The first kappa shape index (κ1) is 28.8. The molecule has 0 radical (unpaired) electrons. The SMILES string of the molecule is CCCN(CCC)S(=O)(=O)c1ccc(C(=O)NC2CCC(Nc3nc(N(C)C)c4ccccc4n3)CC2)cc1. The van der Waals surface area contributed by atoms with Crippen molar-refractivity contribution in [2.75, 3.05) is 37.4 Å². The van der Waals surface area contributed by atoms with Gasteiger partial charge in [0, 0.05) is 50.2 Å². The molecule has 1 fully saturated rings. The summed E-state index contributed by atoms with van der Waals surface area (Å²) < 4.78 is 27.5. The van der Waals surface area contributed by atoms with Crippen LogP contribution in [0.25, 0.3) is 10.9 Å². The van der Waals surface area contributed by atoms with Crippen molar-refractivity contribution in [1.82, 2.24) is 19.6 Å². The van der Waals surface area contributed by atoms with Crippen molar-refractivity contribution in [3.05, 3.63) is 54.1 Å². The summed E-state index contributed by atoms with van der Waals surface area (Å²) in [6.45, 7) is 4.90. The lowest BCUT2D eigenvalue weighted by molar-refractivity contribution is 0.0926. The van der Waals surface area contributed by atoms with Crippen LogP contribution >= 0.6 is 0 Å². The Morgan fingerprint density at radius 3 is 2.13 bits per heavy atom. The number of sulfonamides is 1. The van der Waals surface area contributed by atoms with Gasteiger partial charge in [-0.25, -0.2) is 13.4 Å². The number of fused-ring (bicyclic) bond motifs is 1. The van der Waals surface area contributed by atoms with Gasteiger partial charge >= 0.3 is 0 Å². The summed E-state index contributed by atoms with van der Waals surface area (Å²) in [4.78, 5) is 24.6. The van der Waals surface area contributed by atoms with Crippen LogP contribution in [0.2, 0.25) is 0 Å². The number of hydrogen-bond donors (Lipinski definition) is 2. The van der Waals surface area contributed by atoms with E-state index in [1.807, 2.05) is 57.1 Å². The minimum Gasteiger partial charge on any atom is -0.362 e. The third kappa shape index (κ3) is 6.86. The second kappa shape index (κ2) is 12.7. The Labute approximate surface area is 232 Å². The van der Waals surface area contributed by atoms with E-state index in [-0.39, 0.29) is 22.9 Å². The van der Waals surface area contributed by atoms with Crippen molar-refractivity contribution in [3.8, 4) is 0 Å². The summed E-state index contributed by atoms with van der Waals surface area (Å²) in [5, 5.41) is 7.64. The number of anilines is 2. The van der Waals surface area contributed by atoms with Crippen LogP contribution in [0.5, 0.6) is 0 Å². The standard InChI is InChI=1S/C29H40N6O3S/c1-5-19-35(20-6-2)39(37,38)24-17-11-21(12-18-24)28(36)30-22-13-15-23(16-14-22)31-29-32-26-10-8-7-9-25(26)27(33-29)34(3)4/h7-12,17-18,22-23H,5-6,13-16,19-20H2,1-4H3,(H,30,36)(H,31,32,33). The molecule has 0 saturated heterocycles. The molecule has 0 atom stereocenters. The molecule has 1 saturated carbocycles. The van der Waals surface area contributed by atoms with E-state index in [0.717, 1.165) is 55.2 Å². The number of para-hydroxylation sites is 1. The highest BCUT2D eigenvalue weighted by Crippen LogP contribution is 2.26. The normalized spacial score (nSPS) is 17.8. The van der Waals surface area contributed by atoms with Crippen LogP contribution < -0.4 is 15.5 Å². The molecule has 2 aromatic carbocycles. The molecule has 4 rings (SSSR count). The van der Waals surface area contributed by atoms with Gasteiger partial charge in [-0.15, -0.1) is 0 Å². The topological polar surface area (TPSA) is 108 Å². The molecule has 210 valence electrons. The number of aromatic nitrogens is 2. The third-order valence-corrected chi connectivity index (χ3v) is 9.02. The van der Waals surface area contributed by atoms with Gasteiger partial charge in [0.25, 0.3) is 5.91 Å². The molecule has 9 nitrogen and oxygen atoms in total. The molecule has 1 aliphatic carbocycles. The van der Waals surface area contributed by atoms with Gasteiger partial charge in [-0.1, -0.05) is 26.0 Å². The average molecular weight is 553 g/mol. The third-order valence-electron chi connectivity index (χ3n) is 7.10. The fourth-order valence-corrected chi connectivity index (χ4v) is 6.70. The number of nitrogens with one attached hydrogen (secondary N) is 2. The highest BCUT2D eigenvalue weighted by molar-refractivity contribution is 7.89. The molecule has 10 heteroatoms. The maximum atomic E-state index is 13.0. The van der Waals surface area contributed by atoms with Crippen molar-refractivity contribution in [2.24, 2.45) is 0 Å². The minimum absolute atomic E-state index is 0.0680. The van der Waals surface area contributed by atoms with Crippen molar-refractivity contribution < 1.29 is 13.2 Å².